The minimum Gasteiger partial charge on any atom is -0.496 e. The van der Waals surface area contributed by atoms with Gasteiger partial charge in [-0.05, 0) is 31.7 Å². The number of benzene rings is 1. The van der Waals surface area contributed by atoms with Crippen molar-refractivity contribution in [3.8, 4) is 5.75 Å². The normalized spacial score (nSPS) is 19.6. The molecule has 0 bridgehead atoms. The minimum absolute atomic E-state index is 0.0499. The van der Waals surface area contributed by atoms with E-state index in [1.165, 1.54) is 29.6 Å². The maximum absolute atomic E-state index is 12.6. The van der Waals surface area contributed by atoms with Crippen molar-refractivity contribution in [1.29, 1.82) is 0 Å². The maximum Gasteiger partial charge on any atom is 0.252 e. The third-order valence-electron chi connectivity index (χ3n) is 3.63. The molecule has 0 aliphatic carbocycles. The molecule has 116 valence electrons. The first kappa shape index (κ1) is 15.7. The van der Waals surface area contributed by atoms with E-state index in [2.05, 4.69) is 5.32 Å². The number of hydrogen-bond donors (Lipinski definition) is 2. The number of carbonyl (C=O) groups excluding carboxylic acids is 1. The van der Waals surface area contributed by atoms with E-state index in [4.69, 9.17) is 10.5 Å². The molecular weight excluding hydrogens is 294 g/mol. The van der Waals surface area contributed by atoms with Crippen LogP contribution in [0.25, 0.3) is 0 Å². The van der Waals surface area contributed by atoms with Crippen molar-refractivity contribution >= 4 is 15.9 Å². The maximum atomic E-state index is 12.6. The summed E-state index contributed by atoms with van der Waals surface area (Å²) in [6, 6.07) is 4.28. The fourth-order valence-electron chi connectivity index (χ4n) is 2.37. The molecule has 1 saturated heterocycles. The molecule has 0 aromatic heterocycles. The van der Waals surface area contributed by atoms with E-state index in [1.807, 2.05) is 0 Å². The first-order valence-electron chi connectivity index (χ1n) is 6.55. The standard InChI is InChI=1S/C13H19N3O4S/c1-15-9-5-6-16(8-9)21(18,19)10-3-4-12(20-2)11(7-10)13(14)17/h3-4,7,9,15H,5-6,8H2,1-2H3,(H2,14,17). The van der Waals surface area contributed by atoms with Gasteiger partial charge in [0.15, 0.2) is 0 Å². The Kier molecular flexibility index (Phi) is 4.50. The van der Waals surface area contributed by atoms with Gasteiger partial charge in [-0.2, -0.15) is 4.31 Å². The van der Waals surface area contributed by atoms with Crippen molar-refractivity contribution in [3.05, 3.63) is 23.8 Å². The van der Waals surface area contributed by atoms with Crippen LogP contribution in [0.3, 0.4) is 0 Å². The van der Waals surface area contributed by atoms with Crippen LogP contribution in [0.15, 0.2) is 23.1 Å². The Balaban J connectivity index is 2.37. The molecule has 1 unspecified atom stereocenters. The molecule has 21 heavy (non-hydrogen) atoms. The van der Waals surface area contributed by atoms with Gasteiger partial charge in [0.1, 0.15) is 5.75 Å². The summed E-state index contributed by atoms with van der Waals surface area (Å²) in [4.78, 5) is 11.5. The van der Waals surface area contributed by atoms with Gasteiger partial charge in [0.05, 0.1) is 17.6 Å². The number of primary amides is 1. The van der Waals surface area contributed by atoms with Crippen LogP contribution in [-0.2, 0) is 10.0 Å². The SMILES string of the molecule is CNC1CCN(S(=O)(=O)c2ccc(OC)c(C(N)=O)c2)C1. The molecule has 1 fully saturated rings. The average molecular weight is 313 g/mol. The average Bonchev–Trinajstić information content (AvgIpc) is 2.96. The molecule has 1 aromatic carbocycles. The highest BCUT2D eigenvalue weighted by atomic mass is 32.2. The van der Waals surface area contributed by atoms with Crippen molar-refractivity contribution in [3.63, 3.8) is 0 Å². The lowest BCUT2D eigenvalue weighted by molar-refractivity contribution is 0.0997. The van der Waals surface area contributed by atoms with Crippen LogP contribution in [0, 0.1) is 0 Å². The van der Waals surface area contributed by atoms with Crippen LogP contribution < -0.4 is 15.8 Å². The predicted molar refractivity (Wildman–Crippen MR) is 77.7 cm³/mol. The number of likely N-dealkylation sites (N-methyl/N-ethyl adjacent to an activating group) is 1. The molecule has 8 heteroatoms. The van der Waals surface area contributed by atoms with E-state index >= 15 is 0 Å². The van der Waals surface area contributed by atoms with E-state index in [-0.39, 0.29) is 22.3 Å². The molecule has 1 aromatic rings. The van der Waals surface area contributed by atoms with E-state index in [0.717, 1.165) is 6.42 Å². The lowest BCUT2D eigenvalue weighted by atomic mass is 10.2. The van der Waals surface area contributed by atoms with Gasteiger partial charge >= 0.3 is 0 Å². The van der Waals surface area contributed by atoms with E-state index in [9.17, 15) is 13.2 Å². The number of nitrogens with one attached hydrogen (secondary N) is 1. The lowest BCUT2D eigenvalue weighted by Gasteiger charge is -2.17. The van der Waals surface area contributed by atoms with Crippen LogP contribution in [0.4, 0.5) is 0 Å². The summed E-state index contributed by atoms with van der Waals surface area (Å²) in [7, 11) is -0.431. The number of nitrogens with zero attached hydrogens (tertiary/aromatic N) is 1. The summed E-state index contributed by atoms with van der Waals surface area (Å²) >= 11 is 0. The van der Waals surface area contributed by atoms with Gasteiger partial charge in [0.2, 0.25) is 10.0 Å². The Labute approximate surface area is 124 Å². The van der Waals surface area contributed by atoms with Crippen LogP contribution in [-0.4, -0.2) is 51.9 Å². The minimum atomic E-state index is -3.63. The molecule has 1 heterocycles. The van der Waals surface area contributed by atoms with Crippen molar-refractivity contribution in [2.24, 2.45) is 5.73 Å². The van der Waals surface area contributed by atoms with Gasteiger partial charge < -0.3 is 15.8 Å². The number of methoxy groups -OCH3 is 1. The molecule has 3 N–H and O–H groups in total. The van der Waals surface area contributed by atoms with Gasteiger partial charge in [-0.3, -0.25) is 4.79 Å². The molecule has 1 aliphatic rings. The zero-order chi connectivity index (χ0) is 15.6. The second-order valence-electron chi connectivity index (χ2n) is 4.86. The molecule has 1 atom stereocenters. The number of ether oxygens (including phenoxy) is 1. The molecule has 1 amide bonds. The summed E-state index contributed by atoms with van der Waals surface area (Å²) in [6.45, 7) is 0.864. The highest BCUT2D eigenvalue weighted by Crippen LogP contribution is 2.26. The van der Waals surface area contributed by atoms with Gasteiger partial charge in [0, 0.05) is 19.1 Å². The smallest absolute Gasteiger partial charge is 0.252 e. The van der Waals surface area contributed by atoms with Crippen LogP contribution >= 0.6 is 0 Å². The Bertz CT molecular complexity index is 645. The summed E-state index contributed by atoms with van der Waals surface area (Å²) in [5, 5.41) is 3.07. The van der Waals surface area contributed by atoms with E-state index in [0.29, 0.717) is 13.1 Å². The van der Waals surface area contributed by atoms with Crippen molar-refractivity contribution in [2.45, 2.75) is 17.4 Å². The molecule has 1 aliphatic heterocycles. The Morgan fingerprint density at radius 2 is 2.19 bits per heavy atom. The number of sulfonamides is 1. The topological polar surface area (TPSA) is 102 Å². The Morgan fingerprint density at radius 3 is 2.71 bits per heavy atom. The van der Waals surface area contributed by atoms with Crippen molar-refractivity contribution < 1.29 is 17.9 Å². The fourth-order valence-corrected chi connectivity index (χ4v) is 3.90. The van der Waals surface area contributed by atoms with Crippen LogP contribution in [0.2, 0.25) is 0 Å². The zero-order valence-corrected chi connectivity index (χ0v) is 12.8. The molecule has 7 nitrogen and oxygen atoms in total. The quantitative estimate of drug-likeness (QED) is 0.782. The Morgan fingerprint density at radius 1 is 1.48 bits per heavy atom. The lowest BCUT2D eigenvalue weighted by Crippen LogP contribution is -2.33. The third-order valence-corrected chi connectivity index (χ3v) is 5.49. The summed E-state index contributed by atoms with van der Waals surface area (Å²) in [5.74, 6) is -0.464. The molecular formula is C13H19N3O4S. The van der Waals surface area contributed by atoms with Gasteiger partial charge in [-0.15, -0.1) is 0 Å². The number of rotatable bonds is 5. The number of carbonyl (C=O) groups is 1. The second-order valence-corrected chi connectivity index (χ2v) is 6.80. The van der Waals surface area contributed by atoms with Crippen LogP contribution in [0.1, 0.15) is 16.8 Å². The van der Waals surface area contributed by atoms with Crippen molar-refractivity contribution in [1.82, 2.24) is 9.62 Å². The van der Waals surface area contributed by atoms with Crippen LogP contribution in [0.5, 0.6) is 5.75 Å². The number of hydrogen-bond acceptors (Lipinski definition) is 5. The van der Waals surface area contributed by atoms with E-state index in [1.54, 1.807) is 7.05 Å². The third kappa shape index (κ3) is 3.02. The Hall–Kier alpha value is -1.64. The zero-order valence-electron chi connectivity index (χ0n) is 12.0. The molecule has 0 saturated carbocycles. The summed E-state index contributed by atoms with van der Waals surface area (Å²) in [6.07, 6.45) is 0.758. The summed E-state index contributed by atoms with van der Waals surface area (Å²) < 4.78 is 31.6. The number of amides is 1. The first-order chi connectivity index (χ1) is 9.90. The summed E-state index contributed by atoms with van der Waals surface area (Å²) in [5.41, 5.74) is 5.32. The monoisotopic (exact) mass is 313 g/mol. The van der Waals surface area contributed by atoms with E-state index < -0.39 is 15.9 Å². The molecule has 2 rings (SSSR count). The second kappa shape index (κ2) is 6.00. The number of nitrogens with two attached hydrogens (primary N) is 1. The highest BCUT2D eigenvalue weighted by Gasteiger charge is 2.32. The van der Waals surface area contributed by atoms with Gasteiger partial charge in [-0.25, -0.2) is 8.42 Å². The van der Waals surface area contributed by atoms with Gasteiger partial charge in [0.25, 0.3) is 5.91 Å². The predicted octanol–water partition coefficient (Wildman–Crippen LogP) is -0.223. The largest absolute Gasteiger partial charge is 0.496 e. The fraction of sp³-hybridized carbons (Fsp3) is 0.462. The molecule has 0 spiro atoms. The van der Waals surface area contributed by atoms with Gasteiger partial charge in [-0.1, -0.05) is 0 Å². The molecule has 0 radical (unpaired) electrons. The highest BCUT2D eigenvalue weighted by molar-refractivity contribution is 7.89. The van der Waals surface area contributed by atoms with Crippen molar-refractivity contribution in [2.75, 3.05) is 27.2 Å². The first-order valence-corrected chi connectivity index (χ1v) is 7.99.